The maximum atomic E-state index is 13.1. The van der Waals surface area contributed by atoms with Gasteiger partial charge >= 0.3 is 0 Å². The monoisotopic (exact) mass is 180 g/mol. The summed E-state index contributed by atoms with van der Waals surface area (Å²) >= 11 is 0. The molecule has 0 heterocycles. The topological polar surface area (TPSA) is 17.1 Å². The summed E-state index contributed by atoms with van der Waals surface area (Å²) in [6.45, 7) is 3.48. The highest BCUT2D eigenvalue weighted by Gasteiger charge is 2.04. The van der Waals surface area contributed by atoms with Gasteiger partial charge in [0, 0.05) is 6.42 Å². The Morgan fingerprint density at radius 3 is 2.69 bits per heavy atom. The van der Waals surface area contributed by atoms with E-state index in [1.807, 2.05) is 6.92 Å². The first-order valence-electron chi connectivity index (χ1n) is 4.40. The van der Waals surface area contributed by atoms with Gasteiger partial charge in [-0.1, -0.05) is 19.1 Å². The number of aryl methyl sites for hydroxylation is 1. The van der Waals surface area contributed by atoms with E-state index in [1.54, 1.807) is 12.1 Å². The molecular formula is C11H13FO. The smallest absolute Gasteiger partial charge is 0.134 e. The van der Waals surface area contributed by atoms with Gasteiger partial charge in [0.2, 0.25) is 0 Å². The van der Waals surface area contributed by atoms with Gasteiger partial charge in [0.05, 0.1) is 0 Å². The molecule has 0 aromatic heterocycles. The highest BCUT2D eigenvalue weighted by molar-refractivity contribution is 5.78. The summed E-state index contributed by atoms with van der Waals surface area (Å²) in [6, 6.07) is 4.94. The Hall–Kier alpha value is -1.18. The van der Waals surface area contributed by atoms with Crippen LogP contribution in [0.15, 0.2) is 18.2 Å². The predicted octanol–water partition coefficient (Wildman–Crippen LogP) is 2.52. The Kier molecular flexibility index (Phi) is 3.18. The Morgan fingerprint density at radius 2 is 2.15 bits per heavy atom. The van der Waals surface area contributed by atoms with Gasteiger partial charge < -0.3 is 0 Å². The van der Waals surface area contributed by atoms with Gasteiger partial charge in [-0.3, -0.25) is 4.79 Å². The highest BCUT2D eigenvalue weighted by Crippen LogP contribution is 2.12. The summed E-state index contributed by atoms with van der Waals surface area (Å²) in [5, 5.41) is 0. The van der Waals surface area contributed by atoms with Crippen molar-refractivity contribution >= 4 is 5.78 Å². The molecule has 1 aromatic rings. The van der Waals surface area contributed by atoms with E-state index in [-0.39, 0.29) is 18.0 Å². The zero-order valence-electron chi connectivity index (χ0n) is 7.93. The van der Waals surface area contributed by atoms with Crippen LogP contribution in [0, 0.1) is 5.82 Å². The van der Waals surface area contributed by atoms with Gasteiger partial charge in [-0.2, -0.15) is 0 Å². The van der Waals surface area contributed by atoms with Crippen molar-refractivity contribution in [3.8, 4) is 0 Å². The van der Waals surface area contributed by atoms with Gasteiger partial charge in [-0.05, 0) is 30.5 Å². The SMILES string of the molecule is CCc1ccc(F)c(CC(C)=O)c1. The van der Waals surface area contributed by atoms with Gasteiger partial charge in [0.15, 0.2) is 0 Å². The minimum Gasteiger partial charge on any atom is -0.300 e. The Labute approximate surface area is 77.6 Å². The molecule has 0 aliphatic carbocycles. The second kappa shape index (κ2) is 4.17. The van der Waals surface area contributed by atoms with Crippen molar-refractivity contribution in [1.82, 2.24) is 0 Å². The summed E-state index contributed by atoms with van der Waals surface area (Å²) in [6.07, 6.45) is 1.06. The standard InChI is InChI=1S/C11H13FO/c1-3-9-4-5-11(12)10(7-9)6-8(2)13/h4-5,7H,3,6H2,1-2H3. The molecule has 0 saturated heterocycles. The van der Waals surface area contributed by atoms with Crippen molar-refractivity contribution in [2.24, 2.45) is 0 Å². The first kappa shape index (κ1) is 9.90. The Balaban J connectivity index is 2.96. The van der Waals surface area contributed by atoms with Crippen LogP contribution in [-0.4, -0.2) is 5.78 Å². The van der Waals surface area contributed by atoms with Crippen molar-refractivity contribution in [2.75, 3.05) is 0 Å². The number of rotatable bonds is 3. The van der Waals surface area contributed by atoms with E-state index in [2.05, 4.69) is 0 Å². The minimum atomic E-state index is -0.285. The predicted molar refractivity (Wildman–Crippen MR) is 50.2 cm³/mol. The van der Waals surface area contributed by atoms with Gasteiger partial charge in [0.1, 0.15) is 11.6 Å². The second-order valence-electron chi connectivity index (χ2n) is 3.16. The third kappa shape index (κ3) is 2.65. The maximum absolute atomic E-state index is 13.1. The van der Waals surface area contributed by atoms with E-state index >= 15 is 0 Å². The molecule has 0 saturated carbocycles. The first-order valence-corrected chi connectivity index (χ1v) is 4.40. The maximum Gasteiger partial charge on any atom is 0.134 e. The van der Waals surface area contributed by atoms with Crippen LogP contribution >= 0.6 is 0 Å². The lowest BCUT2D eigenvalue weighted by Crippen LogP contribution is -2.00. The molecule has 1 nitrogen and oxygen atoms in total. The van der Waals surface area contributed by atoms with Crippen molar-refractivity contribution < 1.29 is 9.18 Å². The molecule has 0 aliphatic heterocycles. The molecule has 0 bridgehead atoms. The van der Waals surface area contributed by atoms with Crippen molar-refractivity contribution in [1.29, 1.82) is 0 Å². The number of ketones is 1. The first-order chi connectivity index (χ1) is 6.13. The molecule has 0 atom stereocenters. The molecule has 0 fully saturated rings. The number of hydrogen-bond acceptors (Lipinski definition) is 1. The fraction of sp³-hybridized carbons (Fsp3) is 0.364. The van der Waals surface area contributed by atoms with E-state index in [1.165, 1.54) is 13.0 Å². The molecule has 0 aliphatic rings. The van der Waals surface area contributed by atoms with Gasteiger partial charge in [-0.15, -0.1) is 0 Å². The number of Topliss-reactive ketones (excluding diaryl/α,β-unsaturated/α-hetero) is 1. The fourth-order valence-corrected chi connectivity index (χ4v) is 1.25. The number of carbonyl (C=O) groups excluding carboxylic acids is 1. The largest absolute Gasteiger partial charge is 0.300 e. The third-order valence-corrected chi connectivity index (χ3v) is 1.96. The molecule has 0 radical (unpaired) electrons. The van der Waals surface area contributed by atoms with Crippen LogP contribution in [0.5, 0.6) is 0 Å². The second-order valence-corrected chi connectivity index (χ2v) is 3.16. The van der Waals surface area contributed by atoms with E-state index in [4.69, 9.17) is 0 Å². The van der Waals surface area contributed by atoms with E-state index in [0.29, 0.717) is 5.56 Å². The summed E-state index contributed by atoms with van der Waals surface area (Å²) in [5.74, 6) is -0.292. The fourth-order valence-electron chi connectivity index (χ4n) is 1.25. The van der Waals surface area contributed by atoms with E-state index in [9.17, 15) is 9.18 Å². The lowest BCUT2D eigenvalue weighted by molar-refractivity contribution is -0.116. The van der Waals surface area contributed by atoms with Crippen LogP contribution < -0.4 is 0 Å². The zero-order chi connectivity index (χ0) is 9.84. The van der Waals surface area contributed by atoms with E-state index in [0.717, 1.165) is 12.0 Å². The number of halogens is 1. The molecule has 2 heteroatoms. The molecule has 13 heavy (non-hydrogen) atoms. The summed E-state index contributed by atoms with van der Waals surface area (Å²) in [4.78, 5) is 10.8. The summed E-state index contributed by atoms with van der Waals surface area (Å²) < 4.78 is 13.1. The zero-order valence-corrected chi connectivity index (χ0v) is 7.93. The average Bonchev–Trinajstić information content (AvgIpc) is 2.08. The number of benzene rings is 1. The molecule has 0 N–H and O–H groups in total. The lowest BCUT2D eigenvalue weighted by Gasteiger charge is -2.02. The number of carbonyl (C=O) groups is 1. The Bertz CT molecular complexity index is 318. The van der Waals surface area contributed by atoms with Crippen LogP contribution in [0.3, 0.4) is 0 Å². The van der Waals surface area contributed by atoms with Gasteiger partial charge in [0.25, 0.3) is 0 Å². The summed E-state index contributed by atoms with van der Waals surface area (Å²) in [5.41, 5.74) is 1.57. The summed E-state index contributed by atoms with van der Waals surface area (Å²) in [7, 11) is 0. The van der Waals surface area contributed by atoms with Gasteiger partial charge in [-0.25, -0.2) is 4.39 Å². The molecule has 0 amide bonds. The normalized spacial score (nSPS) is 10.1. The molecule has 1 rings (SSSR count). The van der Waals surface area contributed by atoms with Crippen LogP contribution in [-0.2, 0) is 17.6 Å². The van der Waals surface area contributed by atoms with Crippen molar-refractivity contribution in [2.45, 2.75) is 26.7 Å². The number of hydrogen-bond donors (Lipinski definition) is 0. The van der Waals surface area contributed by atoms with E-state index < -0.39 is 0 Å². The van der Waals surface area contributed by atoms with Crippen LogP contribution in [0.4, 0.5) is 4.39 Å². The van der Waals surface area contributed by atoms with Crippen molar-refractivity contribution in [3.63, 3.8) is 0 Å². The third-order valence-electron chi connectivity index (χ3n) is 1.96. The molecule has 70 valence electrons. The molecular weight excluding hydrogens is 167 g/mol. The minimum absolute atomic E-state index is 0.00727. The van der Waals surface area contributed by atoms with Crippen LogP contribution in [0.1, 0.15) is 25.0 Å². The van der Waals surface area contributed by atoms with Crippen molar-refractivity contribution in [3.05, 3.63) is 35.1 Å². The molecule has 0 spiro atoms. The highest BCUT2D eigenvalue weighted by atomic mass is 19.1. The van der Waals surface area contributed by atoms with Crippen LogP contribution in [0.2, 0.25) is 0 Å². The molecule has 1 aromatic carbocycles. The molecule has 0 unspecified atom stereocenters. The lowest BCUT2D eigenvalue weighted by atomic mass is 10.0. The average molecular weight is 180 g/mol. The Morgan fingerprint density at radius 1 is 1.46 bits per heavy atom. The quantitative estimate of drug-likeness (QED) is 0.698. The van der Waals surface area contributed by atoms with Crippen LogP contribution in [0.25, 0.3) is 0 Å².